The summed E-state index contributed by atoms with van der Waals surface area (Å²) in [6.07, 6.45) is 15.0. The minimum absolute atomic E-state index is 0.259. The molecule has 0 bridgehead atoms. The van der Waals surface area contributed by atoms with Crippen molar-refractivity contribution in [1.82, 2.24) is 0 Å². The van der Waals surface area contributed by atoms with E-state index >= 15 is 0 Å². The summed E-state index contributed by atoms with van der Waals surface area (Å²) in [7, 11) is -1.67. The first-order valence-electron chi connectivity index (χ1n) is 7.85. The molecule has 3 heteroatoms. The number of allylic oxidation sites excluding steroid dienone is 6. The normalized spacial score (nSPS) is 24.0. The van der Waals surface area contributed by atoms with Gasteiger partial charge in [0.1, 0.15) is 6.29 Å². The van der Waals surface area contributed by atoms with Crippen LogP contribution in [0, 0.1) is 11.8 Å². The highest BCUT2D eigenvalue weighted by Crippen LogP contribution is 2.38. The van der Waals surface area contributed by atoms with Gasteiger partial charge in [-0.15, -0.1) is 0 Å². The zero-order valence-corrected chi connectivity index (χ0v) is 15.1. The zero-order chi connectivity index (χ0) is 15.9. The third kappa shape index (κ3) is 5.75. The molecule has 1 rings (SSSR count). The van der Waals surface area contributed by atoms with E-state index in [4.69, 9.17) is 4.43 Å². The standard InChI is InChI=1S/C18H30O2Si/c1-18(2,3)21(4,5)20-15-17-13-9-8-12-16(17)11-7-6-10-14-19/h6-11,14,16-17H,12-13,15H2,1-5H3/t16-,17+/m0/s1. The summed E-state index contributed by atoms with van der Waals surface area (Å²) in [6.45, 7) is 12.3. The maximum atomic E-state index is 10.3. The molecule has 0 saturated heterocycles. The van der Waals surface area contributed by atoms with Crippen molar-refractivity contribution in [2.75, 3.05) is 6.61 Å². The average molecular weight is 307 g/mol. The van der Waals surface area contributed by atoms with Crippen LogP contribution in [0.5, 0.6) is 0 Å². The van der Waals surface area contributed by atoms with Crippen LogP contribution in [0.15, 0.2) is 36.5 Å². The van der Waals surface area contributed by atoms with Crippen molar-refractivity contribution in [3.8, 4) is 0 Å². The molecule has 0 radical (unpaired) electrons. The molecule has 21 heavy (non-hydrogen) atoms. The first-order chi connectivity index (χ1) is 9.78. The lowest BCUT2D eigenvalue weighted by atomic mass is 9.83. The molecular formula is C18H30O2Si. The Kier molecular flexibility index (Phi) is 6.82. The topological polar surface area (TPSA) is 26.3 Å². The summed E-state index contributed by atoms with van der Waals surface area (Å²) < 4.78 is 6.39. The number of carbonyl (C=O) groups excluding carboxylic acids is 1. The SMILES string of the molecule is CC(C)(C)[Si](C)(C)OC[C@H]1CC=CC[C@@H]1C=CC=CC=O. The molecule has 1 aliphatic rings. The van der Waals surface area contributed by atoms with Gasteiger partial charge in [-0.25, -0.2) is 0 Å². The van der Waals surface area contributed by atoms with Gasteiger partial charge < -0.3 is 4.43 Å². The van der Waals surface area contributed by atoms with Crippen molar-refractivity contribution < 1.29 is 9.22 Å². The Bertz CT molecular complexity index is 413. The minimum atomic E-state index is -1.67. The molecule has 2 atom stereocenters. The second kappa shape index (κ2) is 7.90. The second-order valence-corrected chi connectivity index (χ2v) is 12.2. The fourth-order valence-electron chi connectivity index (χ4n) is 2.17. The van der Waals surface area contributed by atoms with Crippen molar-refractivity contribution in [3.63, 3.8) is 0 Å². The van der Waals surface area contributed by atoms with Gasteiger partial charge in [0, 0.05) is 6.61 Å². The van der Waals surface area contributed by atoms with Gasteiger partial charge in [0.15, 0.2) is 8.32 Å². The maximum absolute atomic E-state index is 10.3. The van der Waals surface area contributed by atoms with Crippen LogP contribution in [0.25, 0.3) is 0 Å². The zero-order valence-electron chi connectivity index (χ0n) is 14.1. The lowest BCUT2D eigenvalue weighted by molar-refractivity contribution is -0.104. The summed E-state index contributed by atoms with van der Waals surface area (Å²) in [5, 5.41) is 0.259. The van der Waals surface area contributed by atoms with Gasteiger partial charge >= 0.3 is 0 Å². The average Bonchev–Trinajstić information content (AvgIpc) is 2.41. The van der Waals surface area contributed by atoms with E-state index in [0.717, 1.165) is 25.7 Å². The highest BCUT2D eigenvalue weighted by molar-refractivity contribution is 6.74. The quantitative estimate of drug-likeness (QED) is 0.229. The Balaban J connectivity index is 2.62. The summed E-state index contributed by atoms with van der Waals surface area (Å²) in [5.74, 6) is 1.06. The number of aldehydes is 1. The summed E-state index contributed by atoms with van der Waals surface area (Å²) in [5.41, 5.74) is 0. The van der Waals surface area contributed by atoms with Crippen molar-refractivity contribution >= 4 is 14.6 Å². The first-order valence-corrected chi connectivity index (χ1v) is 10.8. The molecule has 0 aromatic heterocycles. The van der Waals surface area contributed by atoms with Crippen LogP contribution in [0.2, 0.25) is 18.1 Å². The van der Waals surface area contributed by atoms with Crippen molar-refractivity contribution in [2.45, 2.75) is 51.7 Å². The van der Waals surface area contributed by atoms with E-state index in [0.29, 0.717) is 11.8 Å². The molecular weight excluding hydrogens is 276 g/mol. The molecule has 1 aliphatic carbocycles. The van der Waals surface area contributed by atoms with E-state index in [1.165, 1.54) is 6.08 Å². The van der Waals surface area contributed by atoms with Gasteiger partial charge in [0.2, 0.25) is 0 Å². The summed E-state index contributed by atoms with van der Waals surface area (Å²) in [4.78, 5) is 10.3. The lowest BCUT2D eigenvalue weighted by Gasteiger charge is -2.38. The Morgan fingerprint density at radius 1 is 1.14 bits per heavy atom. The second-order valence-electron chi connectivity index (χ2n) is 7.34. The number of carbonyl (C=O) groups is 1. The molecule has 0 saturated carbocycles. The molecule has 0 fully saturated rings. The van der Waals surface area contributed by atoms with Crippen LogP contribution < -0.4 is 0 Å². The molecule has 0 heterocycles. The summed E-state index contributed by atoms with van der Waals surface area (Å²) in [6, 6.07) is 0. The number of hydrogen-bond acceptors (Lipinski definition) is 2. The van der Waals surface area contributed by atoms with Gasteiger partial charge in [-0.05, 0) is 48.9 Å². The minimum Gasteiger partial charge on any atom is -0.417 e. The Morgan fingerprint density at radius 3 is 2.43 bits per heavy atom. The molecule has 0 spiro atoms. The number of hydrogen-bond donors (Lipinski definition) is 0. The highest BCUT2D eigenvalue weighted by atomic mass is 28.4. The smallest absolute Gasteiger partial charge is 0.191 e. The Labute approximate surface area is 131 Å². The first kappa shape index (κ1) is 18.1. The van der Waals surface area contributed by atoms with Crippen LogP contribution in [-0.2, 0) is 9.22 Å². The fraction of sp³-hybridized carbons (Fsp3) is 0.611. The van der Waals surface area contributed by atoms with Crippen LogP contribution in [0.1, 0.15) is 33.6 Å². The third-order valence-corrected chi connectivity index (χ3v) is 9.24. The van der Waals surface area contributed by atoms with Crippen LogP contribution >= 0.6 is 0 Å². The molecule has 0 aromatic carbocycles. The molecule has 0 aromatic rings. The molecule has 0 aliphatic heterocycles. The van der Waals surface area contributed by atoms with Crippen molar-refractivity contribution in [1.29, 1.82) is 0 Å². The van der Waals surface area contributed by atoms with Crippen LogP contribution in [0.3, 0.4) is 0 Å². The van der Waals surface area contributed by atoms with E-state index in [1.807, 2.05) is 6.08 Å². The lowest BCUT2D eigenvalue weighted by Crippen LogP contribution is -2.42. The van der Waals surface area contributed by atoms with E-state index in [2.05, 4.69) is 52.1 Å². The molecule has 0 N–H and O–H groups in total. The number of rotatable bonds is 6. The van der Waals surface area contributed by atoms with Crippen molar-refractivity contribution in [3.05, 3.63) is 36.5 Å². The van der Waals surface area contributed by atoms with E-state index in [-0.39, 0.29) is 5.04 Å². The molecule has 0 amide bonds. The fourth-order valence-corrected chi connectivity index (χ4v) is 3.23. The maximum Gasteiger partial charge on any atom is 0.191 e. The van der Waals surface area contributed by atoms with E-state index < -0.39 is 8.32 Å². The van der Waals surface area contributed by atoms with Gasteiger partial charge in [-0.2, -0.15) is 0 Å². The van der Waals surface area contributed by atoms with Crippen LogP contribution in [0.4, 0.5) is 0 Å². The molecule has 2 nitrogen and oxygen atoms in total. The van der Waals surface area contributed by atoms with Gasteiger partial charge in [-0.1, -0.05) is 51.2 Å². The highest BCUT2D eigenvalue weighted by Gasteiger charge is 2.38. The molecule has 0 unspecified atom stereocenters. The predicted molar refractivity (Wildman–Crippen MR) is 92.8 cm³/mol. The predicted octanol–water partition coefficient (Wildman–Crippen LogP) is 4.90. The Hall–Kier alpha value is -0.933. The summed E-state index contributed by atoms with van der Waals surface area (Å²) >= 11 is 0. The van der Waals surface area contributed by atoms with Crippen molar-refractivity contribution in [2.24, 2.45) is 11.8 Å². The van der Waals surface area contributed by atoms with Gasteiger partial charge in [0.25, 0.3) is 0 Å². The van der Waals surface area contributed by atoms with Gasteiger partial charge in [0.05, 0.1) is 0 Å². The largest absolute Gasteiger partial charge is 0.417 e. The van der Waals surface area contributed by atoms with E-state index in [9.17, 15) is 4.79 Å². The monoisotopic (exact) mass is 306 g/mol. The van der Waals surface area contributed by atoms with Crippen LogP contribution in [-0.4, -0.2) is 21.2 Å². The van der Waals surface area contributed by atoms with Gasteiger partial charge in [-0.3, -0.25) is 4.79 Å². The molecule has 118 valence electrons. The van der Waals surface area contributed by atoms with E-state index in [1.54, 1.807) is 6.08 Å². The third-order valence-electron chi connectivity index (χ3n) is 4.74. The Morgan fingerprint density at radius 2 is 1.81 bits per heavy atom.